The van der Waals surface area contributed by atoms with E-state index in [9.17, 15) is 8.42 Å². The molecule has 0 aromatic heterocycles. The van der Waals surface area contributed by atoms with E-state index in [1.54, 1.807) is 18.2 Å². The first-order valence-electron chi connectivity index (χ1n) is 6.38. The third kappa shape index (κ3) is 3.85. The molecular formula is C17H12ClNO2S. The third-order valence-electron chi connectivity index (χ3n) is 2.86. The Morgan fingerprint density at radius 1 is 1.05 bits per heavy atom. The number of sulfone groups is 1. The number of halogens is 1. The van der Waals surface area contributed by atoms with Crippen LogP contribution in [0.15, 0.2) is 76.5 Å². The lowest BCUT2D eigenvalue weighted by Crippen LogP contribution is -2.03. The average molecular weight is 330 g/mol. The van der Waals surface area contributed by atoms with Gasteiger partial charge < -0.3 is 0 Å². The number of hydrogen-bond acceptors (Lipinski definition) is 3. The van der Waals surface area contributed by atoms with E-state index in [1.807, 2.05) is 30.3 Å². The summed E-state index contributed by atoms with van der Waals surface area (Å²) in [6, 6.07) is 16.8. The highest BCUT2D eigenvalue weighted by atomic mass is 35.5. The van der Waals surface area contributed by atoms with Gasteiger partial charge in [-0.25, -0.2) is 8.42 Å². The summed E-state index contributed by atoms with van der Waals surface area (Å²) in [5.41, 5.74) is 0.917. The van der Waals surface area contributed by atoms with Crippen LogP contribution in [0.25, 0.3) is 6.08 Å². The molecular weight excluding hydrogens is 318 g/mol. The number of nitriles is 1. The van der Waals surface area contributed by atoms with Gasteiger partial charge in [0, 0.05) is 5.02 Å². The largest absolute Gasteiger partial charge is 0.218 e. The fourth-order valence-corrected chi connectivity index (χ4v) is 2.99. The standard InChI is InChI=1S/C17H12ClNO2S/c18-15-9-11-16(12-10-15)22(20,21)17(13-19)8-4-7-14-5-2-1-3-6-14/h1-12H. The summed E-state index contributed by atoms with van der Waals surface area (Å²) in [5, 5.41) is 9.55. The van der Waals surface area contributed by atoms with Crippen LogP contribution in [0.3, 0.4) is 0 Å². The molecule has 0 aliphatic carbocycles. The Morgan fingerprint density at radius 3 is 2.27 bits per heavy atom. The molecule has 0 bridgehead atoms. The van der Waals surface area contributed by atoms with Crippen LogP contribution in [0, 0.1) is 11.3 Å². The van der Waals surface area contributed by atoms with Crippen LogP contribution in [-0.2, 0) is 9.84 Å². The van der Waals surface area contributed by atoms with Crippen molar-refractivity contribution in [3.05, 3.63) is 82.2 Å². The maximum Gasteiger partial charge on any atom is 0.216 e. The van der Waals surface area contributed by atoms with Crippen molar-refractivity contribution in [1.29, 1.82) is 5.26 Å². The number of rotatable bonds is 4. The molecule has 110 valence electrons. The molecule has 2 rings (SSSR count). The lowest BCUT2D eigenvalue weighted by Gasteiger charge is -2.02. The van der Waals surface area contributed by atoms with Gasteiger partial charge in [0.05, 0.1) is 4.90 Å². The van der Waals surface area contributed by atoms with Gasteiger partial charge in [0.1, 0.15) is 11.0 Å². The van der Waals surface area contributed by atoms with Crippen molar-refractivity contribution in [1.82, 2.24) is 0 Å². The highest BCUT2D eigenvalue weighted by Crippen LogP contribution is 2.21. The zero-order valence-electron chi connectivity index (χ0n) is 11.5. The van der Waals surface area contributed by atoms with Crippen LogP contribution < -0.4 is 0 Å². The molecule has 0 N–H and O–H groups in total. The molecule has 22 heavy (non-hydrogen) atoms. The van der Waals surface area contributed by atoms with Gasteiger partial charge in [-0.3, -0.25) is 0 Å². The fraction of sp³-hybridized carbons (Fsp3) is 0. The van der Waals surface area contributed by atoms with Crippen molar-refractivity contribution in [3.63, 3.8) is 0 Å². The zero-order valence-corrected chi connectivity index (χ0v) is 13.1. The second-order valence-electron chi connectivity index (χ2n) is 4.37. The highest BCUT2D eigenvalue weighted by molar-refractivity contribution is 7.95. The normalized spacial score (nSPS) is 12.3. The van der Waals surface area contributed by atoms with Crippen molar-refractivity contribution >= 4 is 27.5 Å². The molecule has 5 heteroatoms. The third-order valence-corrected chi connectivity index (χ3v) is 4.81. The van der Waals surface area contributed by atoms with Gasteiger partial charge in [0.2, 0.25) is 9.84 Å². The number of hydrogen-bond donors (Lipinski definition) is 0. The molecule has 0 spiro atoms. The number of benzene rings is 2. The minimum absolute atomic E-state index is 0.0396. The van der Waals surface area contributed by atoms with E-state index < -0.39 is 9.84 Å². The summed E-state index contributed by atoms with van der Waals surface area (Å²) in [6.45, 7) is 0. The smallest absolute Gasteiger partial charge is 0.216 e. The highest BCUT2D eigenvalue weighted by Gasteiger charge is 2.19. The molecule has 0 saturated carbocycles. The zero-order chi connectivity index (χ0) is 16.0. The Labute approximate surface area is 134 Å². The van der Waals surface area contributed by atoms with Gasteiger partial charge in [-0.1, -0.05) is 54.1 Å². The molecule has 0 aliphatic rings. The maximum atomic E-state index is 12.3. The van der Waals surface area contributed by atoms with E-state index in [0.29, 0.717) is 5.02 Å². The number of nitrogens with zero attached hydrogens (tertiary/aromatic N) is 1. The lowest BCUT2D eigenvalue weighted by molar-refractivity contribution is 0.603. The second-order valence-corrected chi connectivity index (χ2v) is 6.72. The number of allylic oxidation sites excluding steroid dienone is 3. The summed E-state index contributed by atoms with van der Waals surface area (Å²) < 4.78 is 24.7. The summed E-state index contributed by atoms with van der Waals surface area (Å²) in [7, 11) is -3.83. The van der Waals surface area contributed by atoms with Crippen LogP contribution in [0.1, 0.15) is 5.56 Å². The van der Waals surface area contributed by atoms with Crippen LogP contribution >= 0.6 is 11.6 Å². The van der Waals surface area contributed by atoms with Gasteiger partial charge in [0.25, 0.3) is 0 Å². The topological polar surface area (TPSA) is 57.9 Å². The van der Waals surface area contributed by atoms with Crippen molar-refractivity contribution < 1.29 is 8.42 Å². The Hall–Kier alpha value is -2.35. The molecule has 0 aliphatic heterocycles. The van der Waals surface area contributed by atoms with E-state index in [4.69, 9.17) is 16.9 Å². The maximum absolute atomic E-state index is 12.3. The Morgan fingerprint density at radius 2 is 1.68 bits per heavy atom. The first-order valence-corrected chi connectivity index (χ1v) is 8.24. The minimum Gasteiger partial charge on any atom is -0.218 e. The summed E-state index contributed by atoms with van der Waals surface area (Å²) in [6.07, 6.45) is 4.56. The molecule has 2 aromatic carbocycles. The van der Waals surface area contributed by atoms with E-state index in [1.165, 1.54) is 30.3 Å². The Bertz CT molecular complexity index is 846. The van der Waals surface area contributed by atoms with Gasteiger partial charge in [-0.05, 0) is 35.9 Å². The van der Waals surface area contributed by atoms with E-state index in [2.05, 4.69) is 0 Å². The van der Waals surface area contributed by atoms with Crippen molar-refractivity contribution in [3.8, 4) is 6.07 Å². The summed E-state index contributed by atoms with van der Waals surface area (Å²) >= 11 is 5.74. The van der Waals surface area contributed by atoms with E-state index in [-0.39, 0.29) is 9.80 Å². The van der Waals surface area contributed by atoms with Crippen molar-refractivity contribution in [2.75, 3.05) is 0 Å². The molecule has 0 saturated heterocycles. The average Bonchev–Trinajstić information content (AvgIpc) is 2.53. The van der Waals surface area contributed by atoms with E-state index >= 15 is 0 Å². The van der Waals surface area contributed by atoms with Crippen LogP contribution in [0.5, 0.6) is 0 Å². The summed E-state index contributed by atoms with van der Waals surface area (Å²) in [5.74, 6) is 0. The van der Waals surface area contributed by atoms with Crippen LogP contribution in [0.2, 0.25) is 5.02 Å². The first kappa shape index (κ1) is 16.0. The molecule has 0 unspecified atom stereocenters. The van der Waals surface area contributed by atoms with Gasteiger partial charge in [-0.2, -0.15) is 5.26 Å². The minimum atomic E-state index is -3.83. The molecule has 0 radical (unpaired) electrons. The van der Waals surface area contributed by atoms with Gasteiger partial charge in [-0.15, -0.1) is 0 Å². The molecule has 0 fully saturated rings. The van der Waals surface area contributed by atoms with E-state index in [0.717, 1.165) is 5.56 Å². The molecule has 3 nitrogen and oxygen atoms in total. The second kappa shape index (κ2) is 7.08. The van der Waals surface area contributed by atoms with Gasteiger partial charge in [0.15, 0.2) is 0 Å². The fourth-order valence-electron chi connectivity index (χ4n) is 1.74. The van der Waals surface area contributed by atoms with Gasteiger partial charge >= 0.3 is 0 Å². The SMILES string of the molecule is N#CC(=CC=Cc1ccccc1)S(=O)(=O)c1ccc(Cl)cc1. The lowest BCUT2D eigenvalue weighted by atomic mass is 10.2. The molecule has 0 heterocycles. The molecule has 0 atom stereocenters. The molecule has 2 aromatic rings. The van der Waals surface area contributed by atoms with Crippen LogP contribution in [-0.4, -0.2) is 8.42 Å². The van der Waals surface area contributed by atoms with Crippen molar-refractivity contribution in [2.45, 2.75) is 4.90 Å². The molecule has 0 amide bonds. The van der Waals surface area contributed by atoms with Crippen LogP contribution in [0.4, 0.5) is 0 Å². The predicted octanol–water partition coefficient (Wildman–Crippen LogP) is 4.23. The quantitative estimate of drug-likeness (QED) is 0.623. The summed E-state index contributed by atoms with van der Waals surface area (Å²) in [4.78, 5) is -0.278. The monoisotopic (exact) mass is 329 g/mol. The first-order chi connectivity index (χ1) is 10.5. The Kier molecular flexibility index (Phi) is 5.16. The van der Waals surface area contributed by atoms with Crippen molar-refractivity contribution in [2.24, 2.45) is 0 Å². The predicted molar refractivity (Wildman–Crippen MR) is 87.8 cm³/mol. The Balaban J connectivity index is 2.31.